The van der Waals surface area contributed by atoms with Crippen LogP contribution < -0.4 is 0 Å². The van der Waals surface area contributed by atoms with Crippen molar-refractivity contribution < 1.29 is 9.32 Å². The van der Waals surface area contributed by atoms with Crippen molar-refractivity contribution in [3.05, 3.63) is 11.6 Å². The van der Waals surface area contributed by atoms with Crippen LogP contribution in [0.2, 0.25) is 18.1 Å². The predicted molar refractivity (Wildman–Crippen MR) is 79.2 cm³/mol. The van der Waals surface area contributed by atoms with Crippen LogP contribution in [0.4, 0.5) is 4.79 Å². The highest BCUT2D eigenvalue weighted by molar-refractivity contribution is 6.74. The molecule has 2 aliphatic heterocycles. The lowest BCUT2D eigenvalue weighted by atomic mass is 10.0. The van der Waals surface area contributed by atoms with Gasteiger partial charge < -0.3 is 9.43 Å². The first-order valence-corrected chi connectivity index (χ1v) is 9.93. The lowest BCUT2D eigenvalue weighted by molar-refractivity contribution is -0.0322. The number of hydroxylamine groups is 2. The van der Waals surface area contributed by atoms with E-state index in [-0.39, 0.29) is 23.2 Å². The minimum Gasteiger partial charge on any atom is -0.315 e. The van der Waals surface area contributed by atoms with Crippen LogP contribution >= 0.6 is 0 Å². The van der Waals surface area contributed by atoms with Crippen LogP contribution in [-0.2, 0) is 4.53 Å². The zero-order chi connectivity index (χ0) is 14.6. The number of carbonyl (C=O) groups is 1. The van der Waals surface area contributed by atoms with Gasteiger partial charge in [-0.2, -0.15) is 0 Å². The average Bonchev–Trinajstić information content (AvgIpc) is 2.51. The van der Waals surface area contributed by atoms with Crippen LogP contribution in [0.5, 0.6) is 0 Å². The minimum absolute atomic E-state index is 0.0235. The molecule has 0 aromatic heterocycles. The highest BCUT2D eigenvalue weighted by Gasteiger charge is 2.49. The smallest absolute Gasteiger partial charge is 0.315 e. The molecule has 2 aliphatic rings. The van der Waals surface area contributed by atoms with Crippen LogP contribution in [-0.4, -0.2) is 42.9 Å². The second kappa shape index (κ2) is 4.35. The number of carbonyl (C=O) groups excluding carboxylic acids is 1. The summed E-state index contributed by atoms with van der Waals surface area (Å²) in [6.07, 6.45) is 2.17. The van der Waals surface area contributed by atoms with E-state index < -0.39 is 8.32 Å². The summed E-state index contributed by atoms with van der Waals surface area (Å²) < 4.78 is 6.25. The van der Waals surface area contributed by atoms with Crippen molar-refractivity contribution >= 4 is 14.3 Å². The molecule has 1 fully saturated rings. The standard InChI is InChI=1S/C14H26N2O2Si/c1-10-8-11(2)15-9-12(10)16(13(15)17)18-19(6,7)14(3,4)5/h8,11-12H,9H2,1-7H3/t11-,12-/m1/s1. The molecule has 1 saturated heterocycles. The Bertz CT molecular complexity index is 426. The molecule has 2 atom stereocenters. The molecule has 0 N–H and O–H groups in total. The third-order valence-electron chi connectivity index (χ3n) is 4.74. The third kappa shape index (κ3) is 2.34. The van der Waals surface area contributed by atoms with Gasteiger partial charge in [0.25, 0.3) is 0 Å². The number of fused-ring (bicyclic) bond motifs is 2. The van der Waals surface area contributed by atoms with Gasteiger partial charge in [0.2, 0.25) is 8.32 Å². The van der Waals surface area contributed by atoms with E-state index in [0.717, 1.165) is 6.54 Å². The number of urea groups is 1. The molecule has 19 heavy (non-hydrogen) atoms. The van der Waals surface area contributed by atoms with Crippen molar-refractivity contribution in [2.45, 2.75) is 64.8 Å². The van der Waals surface area contributed by atoms with E-state index in [1.807, 2.05) is 4.90 Å². The minimum atomic E-state index is -1.97. The quantitative estimate of drug-likeness (QED) is 0.574. The number of nitrogens with zero attached hydrogens (tertiary/aromatic N) is 2. The van der Waals surface area contributed by atoms with Crippen molar-refractivity contribution in [1.82, 2.24) is 9.96 Å². The molecule has 0 aromatic rings. The molecule has 5 heteroatoms. The van der Waals surface area contributed by atoms with Crippen molar-refractivity contribution in [1.29, 1.82) is 0 Å². The van der Waals surface area contributed by atoms with Crippen LogP contribution in [0, 0.1) is 0 Å². The maximum atomic E-state index is 12.5. The van der Waals surface area contributed by atoms with Gasteiger partial charge in [-0.25, -0.2) is 9.86 Å². The molecule has 0 saturated carbocycles. The number of hydrogen-bond acceptors (Lipinski definition) is 2. The Hall–Kier alpha value is -0.813. The zero-order valence-electron chi connectivity index (χ0n) is 13.2. The Morgan fingerprint density at radius 2 is 1.95 bits per heavy atom. The molecule has 2 bridgehead atoms. The van der Waals surface area contributed by atoms with Crippen LogP contribution in [0.15, 0.2) is 11.6 Å². The summed E-state index contributed by atoms with van der Waals surface area (Å²) in [7, 11) is -1.97. The van der Waals surface area contributed by atoms with Gasteiger partial charge in [0, 0.05) is 12.6 Å². The van der Waals surface area contributed by atoms with E-state index in [4.69, 9.17) is 4.53 Å². The first kappa shape index (κ1) is 14.6. The molecule has 4 nitrogen and oxygen atoms in total. The molecule has 0 aromatic carbocycles. The largest absolute Gasteiger partial charge is 0.344 e. The predicted octanol–water partition coefficient (Wildman–Crippen LogP) is 3.38. The summed E-state index contributed by atoms with van der Waals surface area (Å²) in [5, 5.41) is 1.75. The van der Waals surface area contributed by atoms with Crippen molar-refractivity contribution in [2.75, 3.05) is 6.54 Å². The van der Waals surface area contributed by atoms with Gasteiger partial charge in [-0.15, -0.1) is 0 Å². The molecule has 0 radical (unpaired) electrons. The Morgan fingerprint density at radius 3 is 2.47 bits per heavy atom. The lowest BCUT2D eigenvalue weighted by Crippen LogP contribution is -2.49. The van der Waals surface area contributed by atoms with Gasteiger partial charge >= 0.3 is 6.03 Å². The fourth-order valence-corrected chi connectivity index (χ4v) is 3.31. The third-order valence-corrected chi connectivity index (χ3v) is 9.01. The molecule has 0 spiro atoms. The van der Waals surface area contributed by atoms with Crippen molar-refractivity contribution in [3.63, 3.8) is 0 Å². The van der Waals surface area contributed by atoms with E-state index in [1.165, 1.54) is 5.57 Å². The van der Waals surface area contributed by atoms with E-state index in [9.17, 15) is 4.79 Å². The van der Waals surface area contributed by atoms with Gasteiger partial charge in [0.05, 0.1) is 6.04 Å². The Morgan fingerprint density at radius 1 is 1.37 bits per heavy atom. The zero-order valence-corrected chi connectivity index (χ0v) is 14.2. The van der Waals surface area contributed by atoms with Gasteiger partial charge in [-0.3, -0.25) is 0 Å². The molecule has 108 valence electrons. The SMILES string of the molecule is CC1=C[C@@H](C)N2C[C@H]1N(O[Si](C)(C)C(C)(C)C)C2=O. The van der Waals surface area contributed by atoms with E-state index in [2.05, 4.69) is 53.8 Å². The lowest BCUT2D eigenvalue weighted by Gasteiger charge is -2.39. The van der Waals surface area contributed by atoms with E-state index in [0.29, 0.717) is 0 Å². The summed E-state index contributed by atoms with van der Waals surface area (Å²) in [4.78, 5) is 14.4. The summed E-state index contributed by atoms with van der Waals surface area (Å²) in [5.74, 6) is 0. The van der Waals surface area contributed by atoms with Gasteiger partial charge in [-0.1, -0.05) is 26.8 Å². The highest BCUT2D eigenvalue weighted by atomic mass is 28.4. The highest BCUT2D eigenvalue weighted by Crippen LogP contribution is 2.40. The Labute approximate surface area is 117 Å². The molecule has 2 rings (SSSR count). The average molecular weight is 282 g/mol. The van der Waals surface area contributed by atoms with Crippen LogP contribution in [0.1, 0.15) is 34.6 Å². The molecule has 2 heterocycles. The van der Waals surface area contributed by atoms with Crippen LogP contribution in [0.3, 0.4) is 0 Å². The molecule has 0 aliphatic carbocycles. The first-order chi connectivity index (χ1) is 8.54. The molecular weight excluding hydrogens is 256 g/mol. The molecular formula is C14H26N2O2Si. The normalized spacial score (nSPS) is 27.9. The monoisotopic (exact) mass is 282 g/mol. The van der Waals surface area contributed by atoms with E-state index in [1.54, 1.807) is 5.06 Å². The van der Waals surface area contributed by atoms with Gasteiger partial charge in [-0.05, 0) is 37.6 Å². The van der Waals surface area contributed by atoms with Crippen molar-refractivity contribution in [2.24, 2.45) is 0 Å². The summed E-state index contributed by atoms with van der Waals surface area (Å²) in [6, 6.07) is 0.296. The number of amides is 2. The Balaban J connectivity index is 2.23. The number of rotatable bonds is 2. The maximum Gasteiger partial charge on any atom is 0.344 e. The van der Waals surface area contributed by atoms with Crippen molar-refractivity contribution in [3.8, 4) is 0 Å². The fourth-order valence-electron chi connectivity index (χ4n) is 2.33. The van der Waals surface area contributed by atoms with Gasteiger partial charge in [0.15, 0.2) is 0 Å². The topological polar surface area (TPSA) is 32.8 Å². The van der Waals surface area contributed by atoms with Crippen LogP contribution in [0.25, 0.3) is 0 Å². The maximum absolute atomic E-state index is 12.5. The van der Waals surface area contributed by atoms with Gasteiger partial charge in [0.1, 0.15) is 0 Å². The Kier molecular flexibility index (Phi) is 3.34. The second-order valence-corrected chi connectivity index (χ2v) is 12.0. The summed E-state index contributed by atoms with van der Waals surface area (Å²) in [6.45, 7) is 15.9. The fraction of sp³-hybridized carbons (Fsp3) is 0.786. The first-order valence-electron chi connectivity index (χ1n) is 7.02. The summed E-state index contributed by atoms with van der Waals surface area (Å²) in [5.41, 5.74) is 1.24. The van der Waals surface area contributed by atoms with E-state index >= 15 is 0 Å². The second-order valence-electron chi connectivity index (χ2n) is 7.28. The summed E-state index contributed by atoms with van der Waals surface area (Å²) >= 11 is 0. The number of hydrogen-bond donors (Lipinski definition) is 0. The molecule has 2 amide bonds. The molecule has 0 unspecified atom stereocenters.